The molecule has 0 unspecified atom stereocenters. The van der Waals surface area contributed by atoms with E-state index in [4.69, 9.17) is 11.6 Å². The summed E-state index contributed by atoms with van der Waals surface area (Å²) in [7, 11) is 3.30. The standard InChI is InChI=1S/C12H16ClNO2S/c1-14-8-9-3-4-10(13)7-11(9)17-6-5-12(15)16-2/h3-4,7,14H,5-6,8H2,1-2H3. The number of carbonyl (C=O) groups excluding carboxylic acids is 1. The second-order valence-electron chi connectivity index (χ2n) is 3.46. The van der Waals surface area contributed by atoms with Crippen LogP contribution in [0.2, 0.25) is 5.02 Å². The lowest BCUT2D eigenvalue weighted by Gasteiger charge is -2.09. The number of thioether (sulfide) groups is 1. The van der Waals surface area contributed by atoms with Crippen molar-refractivity contribution in [3.63, 3.8) is 0 Å². The smallest absolute Gasteiger partial charge is 0.306 e. The van der Waals surface area contributed by atoms with E-state index in [1.54, 1.807) is 11.8 Å². The number of ether oxygens (including phenoxy) is 1. The maximum atomic E-state index is 11.0. The molecule has 0 bridgehead atoms. The van der Waals surface area contributed by atoms with Gasteiger partial charge in [0.15, 0.2) is 0 Å². The van der Waals surface area contributed by atoms with E-state index in [0.717, 1.165) is 11.4 Å². The first-order valence-corrected chi connectivity index (χ1v) is 6.66. The van der Waals surface area contributed by atoms with Gasteiger partial charge in [-0.1, -0.05) is 17.7 Å². The summed E-state index contributed by atoms with van der Waals surface area (Å²) in [5.41, 5.74) is 1.19. The molecular weight excluding hydrogens is 258 g/mol. The molecule has 17 heavy (non-hydrogen) atoms. The Morgan fingerprint density at radius 3 is 2.94 bits per heavy atom. The van der Waals surface area contributed by atoms with Crippen LogP contribution in [-0.2, 0) is 16.1 Å². The zero-order chi connectivity index (χ0) is 12.7. The maximum absolute atomic E-state index is 11.0. The van der Waals surface area contributed by atoms with Gasteiger partial charge in [0.1, 0.15) is 0 Å². The van der Waals surface area contributed by atoms with Gasteiger partial charge in [0.2, 0.25) is 0 Å². The molecule has 0 aliphatic rings. The van der Waals surface area contributed by atoms with Crippen molar-refractivity contribution in [2.75, 3.05) is 19.9 Å². The molecule has 1 rings (SSSR count). The van der Waals surface area contributed by atoms with Gasteiger partial charge in [0, 0.05) is 22.2 Å². The van der Waals surface area contributed by atoms with Crippen LogP contribution in [-0.4, -0.2) is 25.9 Å². The predicted octanol–water partition coefficient (Wildman–Crippen LogP) is 2.71. The molecule has 0 atom stereocenters. The molecule has 5 heteroatoms. The molecule has 0 saturated carbocycles. The molecule has 0 fully saturated rings. The highest BCUT2D eigenvalue weighted by atomic mass is 35.5. The Morgan fingerprint density at radius 2 is 2.29 bits per heavy atom. The van der Waals surface area contributed by atoms with Crippen molar-refractivity contribution in [3.8, 4) is 0 Å². The number of hydrogen-bond acceptors (Lipinski definition) is 4. The van der Waals surface area contributed by atoms with Gasteiger partial charge < -0.3 is 10.1 Å². The Balaban J connectivity index is 2.61. The van der Waals surface area contributed by atoms with Gasteiger partial charge in [-0.25, -0.2) is 0 Å². The fourth-order valence-electron chi connectivity index (χ4n) is 1.35. The van der Waals surface area contributed by atoms with Crippen molar-refractivity contribution in [1.29, 1.82) is 0 Å². The Labute approximate surface area is 111 Å². The normalized spacial score (nSPS) is 10.3. The monoisotopic (exact) mass is 273 g/mol. The minimum Gasteiger partial charge on any atom is -0.469 e. The lowest BCUT2D eigenvalue weighted by molar-refractivity contribution is -0.140. The predicted molar refractivity (Wildman–Crippen MR) is 71.6 cm³/mol. The van der Waals surface area contributed by atoms with Gasteiger partial charge >= 0.3 is 5.97 Å². The van der Waals surface area contributed by atoms with Gasteiger partial charge in [-0.15, -0.1) is 11.8 Å². The highest BCUT2D eigenvalue weighted by molar-refractivity contribution is 7.99. The van der Waals surface area contributed by atoms with Crippen LogP contribution >= 0.6 is 23.4 Å². The molecule has 0 radical (unpaired) electrons. The SMILES string of the molecule is CNCc1ccc(Cl)cc1SCCC(=O)OC. The molecule has 1 N–H and O–H groups in total. The third-order valence-corrected chi connectivity index (χ3v) is 3.52. The van der Waals surface area contributed by atoms with E-state index in [2.05, 4.69) is 10.1 Å². The van der Waals surface area contributed by atoms with Crippen LogP contribution in [0.3, 0.4) is 0 Å². The van der Waals surface area contributed by atoms with Crippen molar-refractivity contribution in [3.05, 3.63) is 28.8 Å². The molecule has 0 amide bonds. The topological polar surface area (TPSA) is 38.3 Å². The minimum atomic E-state index is -0.185. The average Bonchev–Trinajstić information content (AvgIpc) is 2.32. The minimum absolute atomic E-state index is 0.185. The van der Waals surface area contributed by atoms with E-state index in [1.165, 1.54) is 12.7 Å². The average molecular weight is 274 g/mol. The first-order valence-electron chi connectivity index (χ1n) is 5.30. The summed E-state index contributed by atoms with van der Waals surface area (Å²) >= 11 is 7.58. The molecule has 0 aliphatic heterocycles. The van der Waals surface area contributed by atoms with Crippen molar-refractivity contribution in [1.82, 2.24) is 5.32 Å². The Kier molecular flexibility index (Phi) is 6.40. The van der Waals surface area contributed by atoms with E-state index in [0.29, 0.717) is 17.2 Å². The summed E-state index contributed by atoms with van der Waals surface area (Å²) in [4.78, 5) is 12.1. The fourth-order valence-corrected chi connectivity index (χ4v) is 2.61. The number of methoxy groups -OCH3 is 1. The molecule has 0 spiro atoms. The third-order valence-electron chi connectivity index (χ3n) is 2.19. The van der Waals surface area contributed by atoms with Crippen molar-refractivity contribution >= 4 is 29.3 Å². The molecular formula is C12H16ClNO2S. The third kappa shape index (κ3) is 4.98. The van der Waals surface area contributed by atoms with Crippen molar-refractivity contribution < 1.29 is 9.53 Å². The molecule has 0 aliphatic carbocycles. The molecule has 0 saturated heterocycles. The maximum Gasteiger partial charge on any atom is 0.306 e. The first kappa shape index (κ1) is 14.4. The Bertz CT molecular complexity index is 385. The molecule has 0 aromatic heterocycles. The van der Waals surface area contributed by atoms with E-state index in [9.17, 15) is 4.79 Å². The fraction of sp³-hybridized carbons (Fsp3) is 0.417. The number of carbonyl (C=O) groups is 1. The van der Waals surface area contributed by atoms with Crippen LogP contribution in [0.25, 0.3) is 0 Å². The number of benzene rings is 1. The zero-order valence-corrected chi connectivity index (χ0v) is 11.5. The summed E-state index contributed by atoms with van der Waals surface area (Å²) in [6.45, 7) is 0.789. The highest BCUT2D eigenvalue weighted by Crippen LogP contribution is 2.26. The van der Waals surface area contributed by atoms with Crippen LogP contribution < -0.4 is 5.32 Å². The van der Waals surface area contributed by atoms with Crippen LogP contribution in [0.15, 0.2) is 23.1 Å². The van der Waals surface area contributed by atoms with Gasteiger partial charge in [0.05, 0.1) is 13.5 Å². The number of esters is 1. The number of halogens is 1. The lowest BCUT2D eigenvalue weighted by Crippen LogP contribution is -2.06. The summed E-state index contributed by atoms with van der Waals surface area (Å²) in [6, 6.07) is 5.80. The van der Waals surface area contributed by atoms with Crippen molar-refractivity contribution in [2.24, 2.45) is 0 Å². The Morgan fingerprint density at radius 1 is 1.53 bits per heavy atom. The second-order valence-corrected chi connectivity index (χ2v) is 5.03. The number of rotatable bonds is 6. The van der Waals surface area contributed by atoms with E-state index >= 15 is 0 Å². The van der Waals surface area contributed by atoms with E-state index in [1.807, 2.05) is 25.2 Å². The van der Waals surface area contributed by atoms with Crippen LogP contribution in [0, 0.1) is 0 Å². The molecule has 94 valence electrons. The van der Waals surface area contributed by atoms with Gasteiger partial charge in [-0.2, -0.15) is 0 Å². The second kappa shape index (κ2) is 7.58. The van der Waals surface area contributed by atoms with Gasteiger partial charge in [-0.05, 0) is 24.7 Å². The van der Waals surface area contributed by atoms with Crippen LogP contribution in [0.5, 0.6) is 0 Å². The number of nitrogens with one attached hydrogen (secondary N) is 1. The molecule has 0 heterocycles. The van der Waals surface area contributed by atoms with E-state index in [-0.39, 0.29) is 5.97 Å². The Hall–Kier alpha value is -0.710. The largest absolute Gasteiger partial charge is 0.469 e. The zero-order valence-electron chi connectivity index (χ0n) is 9.96. The molecule has 1 aromatic rings. The first-order chi connectivity index (χ1) is 8.17. The lowest BCUT2D eigenvalue weighted by atomic mass is 10.2. The summed E-state index contributed by atoms with van der Waals surface area (Å²) in [5, 5.41) is 3.82. The van der Waals surface area contributed by atoms with Gasteiger partial charge in [0.25, 0.3) is 0 Å². The van der Waals surface area contributed by atoms with E-state index < -0.39 is 0 Å². The quantitative estimate of drug-likeness (QED) is 0.639. The van der Waals surface area contributed by atoms with Crippen molar-refractivity contribution in [2.45, 2.75) is 17.9 Å². The molecule has 3 nitrogen and oxygen atoms in total. The summed E-state index contributed by atoms with van der Waals surface area (Å²) < 4.78 is 4.60. The van der Waals surface area contributed by atoms with Gasteiger partial charge in [-0.3, -0.25) is 4.79 Å². The summed E-state index contributed by atoms with van der Waals surface area (Å²) in [5.74, 6) is 0.513. The van der Waals surface area contributed by atoms with Crippen LogP contribution in [0.1, 0.15) is 12.0 Å². The molecule has 1 aromatic carbocycles. The highest BCUT2D eigenvalue weighted by Gasteiger charge is 2.06. The summed E-state index contributed by atoms with van der Waals surface area (Å²) in [6.07, 6.45) is 0.409. The van der Waals surface area contributed by atoms with Crippen LogP contribution in [0.4, 0.5) is 0 Å². The number of hydrogen-bond donors (Lipinski definition) is 1.